The summed E-state index contributed by atoms with van der Waals surface area (Å²) in [5.74, 6) is 0.513. The van der Waals surface area contributed by atoms with Crippen LogP contribution in [0.5, 0.6) is 5.75 Å². The van der Waals surface area contributed by atoms with Crippen LogP contribution in [0.2, 0.25) is 0 Å². The number of nitrogens with one attached hydrogen (secondary N) is 2. The Labute approximate surface area is 174 Å². The van der Waals surface area contributed by atoms with E-state index in [9.17, 15) is 14.4 Å². The number of rotatable bonds is 4. The minimum absolute atomic E-state index is 0.115. The van der Waals surface area contributed by atoms with E-state index in [0.717, 1.165) is 30.8 Å². The van der Waals surface area contributed by atoms with Crippen LogP contribution in [0.1, 0.15) is 40.7 Å². The molecule has 0 aromatic heterocycles. The van der Waals surface area contributed by atoms with E-state index in [1.165, 1.54) is 5.56 Å². The molecule has 154 valence electrons. The summed E-state index contributed by atoms with van der Waals surface area (Å²) < 4.78 is 5.52. The van der Waals surface area contributed by atoms with Gasteiger partial charge in [0, 0.05) is 25.1 Å². The molecular formula is C23H23N3O4. The monoisotopic (exact) mass is 405 g/mol. The predicted octanol–water partition coefficient (Wildman–Crippen LogP) is 2.75. The molecule has 2 aromatic rings. The van der Waals surface area contributed by atoms with Crippen molar-refractivity contribution in [1.29, 1.82) is 0 Å². The molecule has 0 bridgehead atoms. The van der Waals surface area contributed by atoms with Crippen molar-refractivity contribution in [1.82, 2.24) is 4.90 Å². The van der Waals surface area contributed by atoms with Crippen molar-refractivity contribution in [3.63, 3.8) is 0 Å². The van der Waals surface area contributed by atoms with E-state index in [-0.39, 0.29) is 17.7 Å². The van der Waals surface area contributed by atoms with Gasteiger partial charge >= 0.3 is 0 Å². The topological polar surface area (TPSA) is 87.7 Å². The molecular weight excluding hydrogens is 382 g/mol. The van der Waals surface area contributed by atoms with Crippen molar-refractivity contribution >= 4 is 29.1 Å². The molecule has 0 saturated carbocycles. The summed E-state index contributed by atoms with van der Waals surface area (Å²) in [7, 11) is 0. The smallest absolute Gasteiger partial charge is 0.256 e. The lowest BCUT2D eigenvalue weighted by atomic mass is 10.0. The molecule has 2 N–H and O–H groups in total. The number of amides is 3. The molecule has 7 nitrogen and oxygen atoms in total. The summed E-state index contributed by atoms with van der Waals surface area (Å²) in [6.07, 6.45) is 3.39. The first-order chi connectivity index (χ1) is 14.6. The summed E-state index contributed by atoms with van der Waals surface area (Å²) in [6, 6.07) is 10.7. The maximum atomic E-state index is 12.9. The number of carbonyl (C=O) groups excluding carboxylic acids is 3. The SMILES string of the molecule is O=C(CCc1ccc2c(c1)CCO2)Nc1ccc2c(c1)C(=O)N1CCC[C@H]1C(=O)N2. The fraction of sp³-hybridized carbons (Fsp3) is 0.348. The van der Waals surface area contributed by atoms with E-state index < -0.39 is 6.04 Å². The molecule has 0 spiro atoms. The molecule has 1 fully saturated rings. The van der Waals surface area contributed by atoms with Crippen LogP contribution < -0.4 is 15.4 Å². The zero-order valence-corrected chi connectivity index (χ0v) is 16.6. The lowest BCUT2D eigenvalue weighted by Gasteiger charge is -2.20. The van der Waals surface area contributed by atoms with Crippen molar-refractivity contribution in [2.45, 2.75) is 38.1 Å². The van der Waals surface area contributed by atoms with Crippen LogP contribution in [0.4, 0.5) is 11.4 Å². The van der Waals surface area contributed by atoms with Gasteiger partial charge in [-0.05, 0) is 54.7 Å². The average molecular weight is 405 g/mol. The Bertz CT molecular complexity index is 1050. The normalized spacial score (nSPS) is 19.3. The Morgan fingerprint density at radius 2 is 2.10 bits per heavy atom. The highest BCUT2D eigenvalue weighted by atomic mass is 16.5. The van der Waals surface area contributed by atoms with E-state index in [1.54, 1.807) is 23.1 Å². The number of ether oxygens (including phenoxy) is 1. The largest absolute Gasteiger partial charge is 0.493 e. The third kappa shape index (κ3) is 3.40. The molecule has 3 aliphatic heterocycles. The lowest BCUT2D eigenvalue weighted by Crippen LogP contribution is -2.40. The zero-order chi connectivity index (χ0) is 20.7. The van der Waals surface area contributed by atoms with Gasteiger partial charge in [0.2, 0.25) is 11.8 Å². The minimum atomic E-state index is -0.402. The van der Waals surface area contributed by atoms with Gasteiger partial charge in [0.15, 0.2) is 0 Å². The van der Waals surface area contributed by atoms with Crippen molar-refractivity contribution in [2.24, 2.45) is 0 Å². The molecule has 3 aliphatic rings. The number of hydrogen-bond donors (Lipinski definition) is 2. The molecule has 7 heteroatoms. The molecule has 0 aliphatic carbocycles. The molecule has 0 unspecified atom stereocenters. The van der Waals surface area contributed by atoms with Crippen molar-refractivity contribution in [3.05, 3.63) is 53.1 Å². The maximum absolute atomic E-state index is 12.9. The third-order valence-corrected chi connectivity index (χ3v) is 6.00. The number of aryl methyl sites for hydroxylation is 1. The van der Waals surface area contributed by atoms with Crippen LogP contribution in [-0.4, -0.2) is 41.8 Å². The summed E-state index contributed by atoms with van der Waals surface area (Å²) >= 11 is 0. The quantitative estimate of drug-likeness (QED) is 0.819. The zero-order valence-electron chi connectivity index (χ0n) is 16.6. The summed E-state index contributed by atoms with van der Waals surface area (Å²) in [5.41, 5.74) is 3.78. The number of fused-ring (bicyclic) bond motifs is 3. The fourth-order valence-corrected chi connectivity index (χ4v) is 4.44. The Balaban J connectivity index is 1.27. The molecule has 1 saturated heterocycles. The number of anilines is 2. The summed E-state index contributed by atoms with van der Waals surface area (Å²) in [4.78, 5) is 39.4. The van der Waals surface area contributed by atoms with Gasteiger partial charge in [-0.3, -0.25) is 14.4 Å². The van der Waals surface area contributed by atoms with Crippen molar-refractivity contribution in [3.8, 4) is 5.75 Å². The van der Waals surface area contributed by atoms with Crippen LogP contribution in [0, 0.1) is 0 Å². The highest BCUT2D eigenvalue weighted by molar-refractivity contribution is 6.11. The Morgan fingerprint density at radius 3 is 3.00 bits per heavy atom. The first-order valence-corrected chi connectivity index (χ1v) is 10.4. The highest BCUT2D eigenvalue weighted by Gasteiger charge is 2.38. The Kier molecular flexibility index (Phi) is 4.65. The van der Waals surface area contributed by atoms with E-state index in [4.69, 9.17) is 4.74 Å². The van der Waals surface area contributed by atoms with Crippen LogP contribution >= 0.6 is 0 Å². The van der Waals surface area contributed by atoms with Gasteiger partial charge in [0.05, 0.1) is 17.9 Å². The van der Waals surface area contributed by atoms with E-state index in [0.29, 0.717) is 42.7 Å². The maximum Gasteiger partial charge on any atom is 0.256 e. The van der Waals surface area contributed by atoms with Gasteiger partial charge in [-0.2, -0.15) is 0 Å². The average Bonchev–Trinajstić information content (AvgIpc) is 3.40. The van der Waals surface area contributed by atoms with Gasteiger partial charge in [-0.15, -0.1) is 0 Å². The first-order valence-electron chi connectivity index (χ1n) is 10.4. The molecule has 30 heavy (non-hydrogen) atoms. The van der Waals surface area contributed by atoms with Crippen molar-refractivity contribution < 1.29 is 19.1 Å². The second kappa shape index (κ2) is 7.48. The third-order valence-electron chi connectivity index (χ3n) is 6.00. The van der Waals surface area contributed by atoms with Gasteiger partial charge < -0.3 is 20.3 Å². The molecule has 3 heterocycles. The fourth-order valence-electron chi connectivity index (χ4n) is 4.44. The molecule has 2 aromatic carbocycles. The van der Waals surface area contributed by atoms with E-state index in [1.807, 2.05) is 12.1 Å². The highest BCUT2D eigenvalue weighted by Crippen LogP contribution is 2.30. The Hall–Kier alpha value is -3.35. The predicted molar refractivity (Wildman–Crippen MR) is 112 cm³/mol. The standard InChI is InChI=1S/C23H23N3O4/c27-21(8-4-14-3-7-20-15(12-14)9-11-30-20)24-16-5-6-18-17(13-16)23(29)26-10-1-2-19(26)22(28)25-18/h3,5-7,12-13,19H,1-2,4,8-11H2,(H,24,27)(H,25,28)/t19-/m0/s1. The van der Waals surface area contributed by atoms with Crippen molar-refractivity contribution in [2.75, 3.05) is 23.8 Å². The minimum Gasteiger partial charge on any atom is -0.493 e. The molecule has 0 radical (unpaired) electrons. The number of nitrogens with zero attached hydrogens (tertiary/aromatic N) is 1. The molecule has 1 atom stereocenters. The summed E-state index contributed by atoms with van der Waals surface area (Å²) in [6.45, 7) is 1.30. The van der Waals surface area contributed by atoms with Gasteiger partial charge in [-0.1, -0.05) is 12.1 Å². The molecule has 3 amide bonds. The number of benzene rings is 2. The van der Waals surface area contributed by atoms with Gasteiger partial charge in [-0.25, -0.2) is 0 Å². The van der Waals surface area contributed by atoms with Gasteiger partial charge in [0.25, 0.3) is 5.91 Å². The second-order valence-electron chi connectivity index (χ2n) is 7.99. The van der Waals surface area contributed by atoms with Gasteiger partial charge in [0.1, 0.15) is 11.8 Å². The number of carbonyl (C=O) groups is 3. The van der Waals surface area contributed by atoms with Crippen LogP contribution in [0.15, 0.2) is 36.4 Å². The van der Waals surface area contributed by atoms with Crippen LogP contribution in [0.3, 0.4) is 0 Å². The Morgan fingerprint density at radius 1 is 1.20 bits per heavy atom. The van der Waals surface area contributed by atoms with Crippen LogP contribution in [-0.2, 0) is 22.4 Å². The first kappa shape index (κ1) is 18.7. The summed E-state index contributed by atoms with van der Waals surface area (Å²) in [5, 5.41) is 5.73. The van der Waals surface area contributed by atoms with E-state index >= 15 is 0 Å². The van der Waals surface area contributed by atoms with E-state index in [2.05, 4.69) is 16.7 Å². The molecule has 5 rings (SSSR count). The van der Waals surface area contributed by atoms with Crippen LogP contribution in [0.25, 0.3) is 0 Å². The number of hydrogen-bond acceptors (Lipinski definition) is 4. The second-order valence-corrected chi connectivity index (χ2v) is 7.99. The lowest BCUT2D eigenvalue weighted by molar-refractivity contribution is -0.119.